The first-order valence-electron chi connectivity index (χ1n) is 9.76. The summed E-state index contributed by atoms with van der Waals surface area (Å²) in [6.45, 7) is 1.30. The third kappa shape index (κ3) is 4.24. The molecule has 158 valence electrons. The molecule has 0 aromatic carbocycles. The molecule has 4 rings (SSSR count). The van der Waals surface area contributed by atoms with Gasteiger partial charge in [0.05, 0.1) is 6.26 Å². The number of aryl methyl sites for hydroxylation is 1. The Kier molecular flexibility index (Phi) is 5.59. The molecule has 2 aliphatic rings. The van der Waals surface area contributed by atoms with Gasteiger partial charge in [-0.15, -0.1) is 0 Å². The number of imide groups is 1. The summed E-state index contributed by atoms with van der Waals surface area (Å²) in [7, 11) is 0. The zero-order valence-electron chi connectivity index (χ0n) is 16.3. The van der Waals surface area contributed by atoms with Gasteiger partial charge in [0.2, 0.25) is 35.3 Å². The van der Waals surface area contributed by atoms with Gasteiger partial charge in [-0.3, -0.25) is 24.1 Å². The summed E-state index contributed by atoms with van der Waals surface area (Å²) in [5.74, 6) is 0.228. The SMILES string of the molecule is O=C(CCc1nc(-c2ccco2)no1)N1CCN(C(=O)CN2C(=O)CCC2=O)CC1. The van der Waals surface area contributed by atoms with Crippen molar-refractivity contribution in [3.63, 3.8) is 0 Å². The maximum Gasteiger partial charge on any atom is 0.242 e. The van der Waals surface area contributed by atoms with Crippen molar-refractivity contribution >= 4 is 23.6 Å². The Hall–Kier alpha value is -3.50. The van der Waals surface area contributed by atoms with Gasteiger partial charge in [0.15, 0.2) is 5.76 Å². The molecule has 0 saturated carbocycles. The monoisotopic (exact) mass is 415 g/mol. The number of carbonyl (C=O) groups is 4. The fourth-order valence-corrected chi connectivity index (χ4v) is 3.47. The van der Waals surface area contributed by atoms with Crippen LogP contribution in [0, 0.1) is 0 Å². The van der Waals surface area contributed by atoms with Crippen LogP contribution >= 0.6 is 0 Å². The fourth-order valence-electron chi connectivity index (χ4n) is 3.47. The fraction of sp³-hybridized carbons (Fsp3) is 0.474. The van der Waals surface area contributed by atoms with Crippen LogP contribution in [0.1, 0.15) is 25.2 Å². The van der Waals surface area contributed by atoms with Gasteiger partial charge in [-0.1, -0.05) is 5.16 Å². The van der Waals surface area contributed by atoms with E-state index in [9.17, 15) is 19.2 Å². The number of piperazine rings is 1. The Morgan fingerprint density at radius 3 is 2.30 bits per heavy atom. The third-order valence-electron chi connectivity index (χ3n) is 5.20. The van der Waals surface area contributed by atoms with Crippen molar-refractivity contribution in [3.8, 4) is 11.6 Å². The maximum atomic E-state index is 12.5. The average Bonchev–Trinajstić information content (AvgIpc) is 3.50. The first-order chi connectivity index (χ1) is 14.5. The molecule has 0 atom stereocenters. The molecule has 11 nitrogen and oxygen atoms in total. The summed E-state index contributed by atoms with van der Waals surface area (Å²) in [4.78, 5) is 56.6. The highest BCUT2D eigenvalue weighted by Crippen LogP contribution is 2.17. The largest absolute Gasteiger partial charge is 0.461 e. The molecule has 0 bridgehead atoms. The van der Waals surface area contributed by atoms with Crippen molar-refractivity contribution in [3.05, 3.63) is 24.3 Å². The van der Waals surface area contributed by atoms with Gasteiger partial charge in [-0.25, -0.2) is 0 Å². The van der Waals surface area contributed by atoms with E-state index in [-0.39, 0.29) is 49.4 Å². The second-order valence-corrected chi connectivity index (χ2v) is 7.12. The predicted octanol–water partition coefficient (Wildman–Crippen LogP) is 0.0820. The van der Waals surface area contributed by atoms with Gasteiger partial charge in [-0.2, -0.15) is 4.98 Å². The van der Waals surface area contributed by atoms with Crippen LogP contribution in [0.25, 0.3) is 11.6 Å². The Morgan fingerprint density at radius 2 is 1.67 bits per heavy atom. The molecule has 0 spiro atoms. The lowest BCUT2D eigenvalue weighted by Gasteiger charge is -2.35. The number of rotatable bonds is 6. The van der Waals surface area contributed by atoms with E-state index in [4.69, 9.17) is 8.94 Å². The van der Waals surface area contributed by atoms with E-state index < -0.39 is 0 Å². The van der Waals surface area contributed by atoms with E-state index in [0.717, 1.165) is 4.90 Å². The minimum absolute atomic E-state index is 0.0650. The van der Waals surface area contributed by atoms with Crippen molar-refractivity contribution in [1.29, 1.82) is 0 Å². The first kappa shape index (κ1) is 19.8. The quantitative estimate of drug-likeness (QED) is 0.607. The maximum absolute atomic E-state index is 12.5. The summed E-state index contributed by atoms with van der Waals surface area (Å²) in [6.07, 6.45) is 2.37. The minimum atomic E-state index is -0.307. The standard InChI is InChI=1S/C19H21N5O6/c25-15(4-3-14-20-19(21-30-14)13-2-1-11-29-13)22-7-9-23(10-8-22)18(28)12-24-16(26)5-6-17(24)27/h1-2,11H,3-10,12H2. The molecule has 0 N–H and O–H groups in total. The average molecular weight is 415 g/mol. The number of likely N-dealkylation sites (tertiary alicyclic amines) is 1. The number of hydrogen-bond donors (Lipinski definition) is 0. The van der Waals surface area contributed by atoms with E-state index in [0.29, 0.717) is 50.1 Å². The normalized spacial score (nSPS) is 17.1. The van der Waals surface area contributed by atoms with Crippen LogP contribution in [0.15, 0.2) is 27.3 Å². The second-order valence-electron chi connectivity index (χ2n) is 7.12. The molecule has 2 aromatic heterocycles. The molecule has 2 aromatic rings. The highest BCUT2D eigenvalue weighted by atomic mass is 16.5. The van der Waals surface area contributed by atoms with E-state index in [2.05, 4.69) is 10.1 Å². The Labute approximate surface area is 171 Å². The highest BCUT2D eigenvalue weighted by molar-refractivity contribution is 6.04. The van der Waals surface area contributed by atoms with Gasteiger partial charge in [-0.05, 0) is 12.1 Å². The summed E-state index contributed by atoms with van der Waals surface area (Å²) >= 11 is 0. The second kappa shape index (κ2) is 8.47. The van der Waals surface area contributed by atoms with Crippen LogP contribution in [0.2, 0.25) is 0 Å². The van der Waals surface area contributed by atoms with Gasteiger partial charge in [0.1, 0.15) is 6.54 Å². The number of aromatic nitrogens is 2. The highest BCUT2D eigenvalue weighted by Gasteiger charge is 2.33. The van der Waals surface area contributed by atoms with Crippen LogP contribution < -0.4 is 0 Å². The lowest BCUT2D eigenvalue weighted by molar-refractivity contribution is -0.147. The lowest BCUT2D eigenvalue weighted by atomic mass is 10.2. The number of hydrogen-bond acceptors (Lipinski definition) is 8. The number of amides is 4. The van der Waals surface area contributed by atoms with E-state index in [1.165, 1.54) is 6.26 Å². The molecule has 0 unspecified atom stereocenters. The minimum Gasteiger partial charge on any atom is -0.461 e. The van der Waals surface area contributed by atoms with Crippen LogP contribution in [0.5, 0.6) is 0 Å². The molecule has 4 amide bonds. The topological polar surface area (TPSA) is 130 Å². The number of nitrogens with zero attached hydrogens (tertiary/aromatic N) is 5. The molecule has 2 fully saturated rings. The van der Waals surface area contributed by atoms with E-state index >= 15 is 0 Å². The predicted molar refractivity (Wildman–Crippen MR) is 99.4 cm³/mol. The molecule has 2 aliphatic heterocycles. The first-order valence-corrected chi connectivity index (χ1v) is 9.76. The lowest BCUT2D eigenvalue weighted by Crippen LogP contribution is -2.53. The number of carbonyl (C=O) groups excluding carboxylic acids is 4. The molecule has 30 heavy (non-hydrogen) atoms. The molecule has 2 saturated heterocycles. The van der Waals surface area contributed by atoms with Crippen LogP contribution in [-0.2, 0) is 25.6 Å². The molecule has 0 radical (unpaired) electrons. The molecular formula is C19H21N5O6. The van der Waals surface area contributed by atoms with Crippen molar-refractivity contribution in [2.75, 3.05) is 32.7 Å². The van der Waals surface area contributed by atoms with E-state index in [1.54, 1.807) is 21.9 Å². The van der Waals surface area contributed by atoms with Crippen molar-refractivity contribution < 1.29 is 28.1 Å². The molecular weight excluding hydrogens is 394 g/mol. The molecule has 0 aliphatic carbocycles. The van der Waals surface area contributed by atoms with Crippen molar-refractivity contribution in [2.45, 2.75) is 25.7 Å². The summed E-state index contributed by atoms with van der Waals surface area (Å²) < 4.78 is 10.4. The Morgan fingerprint density at radius 1 is 1.00 bits per heavy atom. The third-order valence-corrected chi connectivity index (χ3v) is 5.20. The van der Waals surface area contributed by atoms with Crippen molar-refractivity contribution in [2.24, 2.45) is 0 Å². The smallest absolute Gasteiger partial charge is 0.242 e. The Balaban J connectivity index is 1.22. The van der Waals surface area contributed by atoms with Crippen LogP contribution in [0.3, 0.4) is 0 Å². The summed E-state index contributed by atoms with van der Waals surface area (Å²) in [5.41, 5.74) is 0. The van der Waals surface area contributed by atoms with Gasteiger partial charge < -0.3 is 18.7 Å². The molecule has 4 heterocycles. The zero-order chi connectivity index (χ0) is 21.1. The zero-order valence-corrected chi connectivity index (χ0v) is 16.3. The van der Waals surface area contributed by atoms with Crippen molar-refractivity contribution in [1.82, 2.24) is 24.8 Å². The van der Waals surface area contributed by atoms with Crippen LogP contribution in [0.4, 0.5) is 0 Å². The van der Waals surface area contributed by atoms with Gasteiger partial charge >= 0.3 is 0 Å². The van der Waals surface area contributed by atoms with Crippen LogP contribution in [-0.4, -0.2) is 81.2 Å². The number of furan rings is 1. The van der Waals surface area contributed by atoms with E-state index in [1.807, 2.05) is 0 Å². The Bertz CT molecular complexity index is 929. The van der Waals surface area contributed by atoms with Gasteiger partial charge in [0.25, 0.3) is 0 Å². The molecule has 11 heteroatoms. The summed E-state index contributed by atoms with van der Waals surface area (Å²) in [5, 5.41) is 3.83. The van der Waals surface area contributed by atoms with Gasteiger partial charge in [0, 0.05) is 51.9 Å². The summed E-state index contributed by atoms with van der Waals surface area (Å²) in [6, 6.07) is 3.44.